The molecule has 0 saturated carbocycles. The predicted molar refractivity (Wildman–Crippen MR) is 151 cm³/mol. The second kappa shape index (κ2) is 11.5. The molecule has 3 aromatic carbocycles. The highest BCUT2D eigenvalue weighted by molar-refractivity contribution is 7.92. The standard InChI is InChI=1S/C29H25ClF2N2O6S/c1-17(29-22(30)4-3-5-24(29)32)12-18-6-11-26-25(13-18)34(16-20(39-26)8-7-19-14-28(35)40-33-19)41(36,37)21-9-10-23(31)27(15-21)38-2/h3-6,9-13,15,20H,7-8,14,16H2,1-2H3/b17-12+/t20-/m0/s1. The average Bonchev–Trinajstić information content (AvgIpc) is 3.36. The van der Waals surface area contributed by atoms with Crippen molar-refractivity contribution in [3.05, 3.63) is 82.4 Å². The van der Waals surface area contributed by atoms with E-state index in [0.717, 1.165) is 12.1 Å². The lowest BCUT2D eigenvalue weighted by molar-refractivity contribution is -0.140. The maximum absolute atomic E-state index is 14.5. The number of hydrogen-bond acceptors (Lipinski definition) is 7. The molecular formula is C29H25ClF2N2O6S. The third-order valence-electron chi connectivity index (χ3n) is 6.75. The van der Waals surface area contributed by atoms with Crippen LogP contribution in [0.15, 0.2) is 64.6 Å². The number of methoxy groups -OCH3 is 1. The summed E-state index contributed by atoms with van der Waals surface area (Å²) in [6.07, 6.45) is 1.91. The minimum atomic E-state index is -4.22. The number of halogens is 3. The monoisotopic (exact) mass is 602 g/mol. The van der Waals surface area contributed by atoms with E-state index in [9.17, 15) is 22.0 Å². The van der Waals surface area contributed by atoms with Crippen LogP contribution in [-0.4, -0.2) is 39.9 Å². The van der Waals surface area contributed by atoms with Crippen molar-refractivity contribution in [2.24, 2.45) is 5.16 Å². The largest absolute Gasteiger partial charge is 0.494 e. The number of allylic oxidation sites excluding steroid dienone is 1. The number of fused-ring (bicyclic) bond motifs is 1. The number of sulfonamides is 1. The van der Waals surface area contributed by atoms with Crippen LogP contribution in [0, 0.1) is 11.6 Å². The molecule has 0 aliphatic carbocycles. The molecule has 2 heterocycles. The van der Waals surface area contributed by atoms with Crippen LogP contribution in [0.3, 0.4) is 0 Å². The number of ether oxygens (including phenoxy) is 2. The number of benzene rings is 3. The second-order valence-electron chi connectivity index (χ2n) is 9.56. The van der Waals surface area contributed by atoms with Gasteiger partial charge >= 0.3 is 5.97 Å². The summed E-state index contributed by atoms with van der Waals surface area (Å²) in [6, 6.07) is 12.7. The van der Waals surface area contributed by atoms with Gasteiger partial charge in [0.25, 0.3) is 10.0 Å². The van der Waals surface area contributed by atoms with E-state index >= 15 is 0 Å². The van der Waals surface area contributed by atoms with Crippen molar-refractivity contribution in [2.75, 3.05) is 18.0 Å². The fourth-order valence-electron chi connectivity index (χ4n) is 4.73. The van der Waals surface area contributed by atoms with Gasteiger partial charge < -0.3 is 14.3 Å². The van der Waals surface area contributed by atoms with Gasteiger partial charge in [-0.05, 0) is 67.3 Å². The lowest BCUT2D eigenvalue weighted by Crippen LogP contribution is -2.43. The van der Waals surface area contributed by atoms with Crippen molar-refractivity contribution in [3.8, 4) is 11.5 Å². The summed E-state index contributed by atoms with van der Waals surface area (Å²) in [6.45, 7) is 1.64. The van der Waals surface area contributed by atoms with Gasteiger partial charge in [0.05, 0.1) is 41.4 Å². The fourth-order valence-corrected chi connectivity index (χ4v) is 6.56. The van der Waals surface area contributed by atoms with Crippen molar-refractivity contribution in [3.63, 3.8) is 0 Å². The van der Waals surface area contributed by atoms with Crippen LogP contribution in [0.5, 0.6) is 11.5 Å². The van der Waals surface area contributed by atoms with Gasteiger partial charge in [0, 0.05) is 11.6 Å². The fraction of sp³-hybridized carbons (Fsp3) is 0.241. The van der Waals surface area contributed by atoms with E-state index in [0.29, 0.717) is 35.4 Å². The molecule has 8 nitrogen and oxygen atoms in total. The number of carbonyl (C=O) groups is 1. The number of hydrogen-bond donors (Lipinski definition) is 0. The Labute approximate surface area is 240 Å². The molecule has 5 rings (SSSR count). The Morgan fingerprint density at radius 1 is 1.17 bits per heavy atom. The Morgan fingerprint density at radius 3 is 2.68 bits per heavy atom. The first-order chi connectivity index (χ1) is 19.6. The van der Waals surface area contributed by atoms with Crippen LogP contribution in [0.25, 0.3) is 11.6 Å². The normalized spacial score (nSPS) is 17.0. The molecule has 1 atom stereocenters. The Kier molecular flexibility index (Phi) is 8.01. The zero-order valence-corrected chi connectivity index (χ0v) is 23.6. The highest BCUT2D eigenvalue weighted by Gasteiger charge is 2.35. The Bertz CT molecular complexity index is 1670. The quantitative estimate of drug-likeness (QED) is 0.224. The van der Waals surface area contributed by atoms with E-state index in [4.69, 9.17) is 21.1 Å². The summed E-state index contributed by atoms with van der Waals surface area (Å²) in [5.74, 6) is -1.54. The maximum Gasteiger partial charge on any atom is 0.340 e. The Hall–Kier alpha value is -3.96. The molecule has 0 aromatic heterocycles. The predicted octanol–water partition coefficient (Wildman–Crippen LogP) is 6.23. The molecule has 0 spiro atoms. The zero-order chi connectivity index (χ0) is 29.3. The topological polar surface area (TPSA) is 94.5 Å². The minimum absolute atomic E-state index is 0.0671. The van der Waals surface area contributed by atoms with Crippen molar-refractivity contribution in [1.29, 1.82) is 0 Å². The van der Waals surface area contributed by atoms with E-state index < -0.39 is 33.7 Å². The van der Waals surface area contributed by atoms with E-state index in [1.807, 2.05) is 0 Å². The van der Waals surface area contributed by atoms with Gasteiger partial charge in [-0.2, -0.15) is 0 Å². The third-order valence-corrected chi connectivity index (χ3v) is 8.84. The van der Waals surface area contributed by atoms with Gasteiger partial charge in [0.2, 0.25) is 0 Å². The van der Waals surface area contributed by atoms with Crippen LogP contribution in [0.2, 0.25) is 5.02 Å². The molecule has 0 fully saturated rings. The first-order valence-electron chi connectivity index (χ1n) is 12.6. The van der Waals surface area contributed by atoms with Crippen LogP contribution in [0.4, 0.5) is 14.5 Å². The van der Waals surface area contributed by atoms with Crippen molar-refractivity contribution >= 4 is 50.6 Å². The molecule has 2 aliphatic heterocycles. The first-order valence-corrected chi connectivity index (χ1v) is 14.4. The van der Waals surface area contributed by atoms with Crippen LogP contribution in [-0.2, 0) is 19.7 Å². The van der Waals surface area contributed by atoms with Crippen LogP contribution in [0.1, 0.15) is 37.3 Å². The summed E-state index contributed by atoms with van der Waals surface area (Å²) in [5.41, 5.74) is 2.15. The van der Waals surface area contributed by atoms with Crippen molar-refractivity contribution in [2.45, 2.75) is 37.2 Å². The lowest BCUT2D eigenvalue weighted by atomic mass is 10.0. The molecule has 214 valence electrons. The Morgan fingerprint density at radius 2 is 1.98 bits per heavy atom. The second-order valence-corrected chi connectivity index (χ2v) is 11.8. The molecule has 3 aromatic rings. The van der Waals surface area contributed by atoms with E-state index in [1.54, 1.807) is 37.3 Å². The number of nitrogens with zero attached hydrogens (tertiary/aromatic N) is 2. The van der Waals surface area contributed by atoms with Crippen LogP contribution < -0.4 is 13.8 Å². The maximum atomic E-state index is 14.5. The Balaban J connectivity index is 1.53. The summed E-state index contributed by atoms with van der Waals surface area (Å²) in [7, 11) is -2.97. The molecule has 0 amide bonds. The van der Waals surface area contributed by atoms with Gasteiger partial charge in [0.15, 0.2) is 11.6 Å². The molecule has 0 unspecified atom stereocenters. The molecule has 0 N–H and O–H groups in total. The SMILES string of the molecule is COc1cc(S(=O)(=O)N2C[C@H](CCC3=NOC(=O)C3)Oc3ccc(/C=C(\C)c4c(F)cccc4Cl)cc32)ccc1F. The lowest BCUT2D eigenvalue weighted by Gasteiger charge is -2.36. The molecule has 0 saturated heterocycles. The van der Waals surface area contributed by atoms with Gasteiger partial charge in [-0.15, -0.1) is 0 Å². The summed E-state index contributed by atoms with van der Waals surface area (Å²) in [5, 5.41) is 4.00. The van der Waals surface area contributed by atoms with E-state index in [1.165, 1.54) is 29.6 Å². The van der Waals surface area contributed by atoms with Crippen molar-refractivity contribution < 1.29 is 36.3 Å². The first kappa shape index (κ1) is 28.6. The summed E-state index contributed by atoms with van der Waals surface area (Å²) in [4.78, 5) is 15.9. The molecule has 2 aliphatic rings. The smallest absolute Gasteiger partial charge is 0.340 e. The number of rotatable bonds is 8. The third kappa shape index (κ3) is 5.91. The average molecular weight is 603 g/mol. The molecule has 41 heavy (non-hydrogen) atoms. The number of carbonyl (C=O) groups excluding carboxylic acids is 1. The van der Waals surface area contributed by atoms with Crippen LogP contribution >= 0.6 is 11.6 Å². The van der Waals surface area contributed by atoms with E-state index in [2.05, 4.69) is 9.99 Å². The van der Waals surface area contributed by atoms with Gasteiger partial charge in [0.1, 0.15) is 17.7 Å². The zero-order valence-electron chi connectivity index (χ0n) is 22.1. The summed E-state index contributed by atoms with van der Waals surface area (Å²) >= 11 is 6.23. The minimum Gasteiger partial charge on any atom is -0.494 e. The molecule has 12 heteroatoms. The van der Waals surface area contributed by atoms with E-state index in [-0.39, 0.29) is 39.9 Å². The van der Waals surface area contributed by atoms with Crippen molar-refractivity contribution in [1.82, 2.24) is 0 Å². The number of oxime groups is 1. The molecular weight excluding hydrogens is 578 g/mol. The molecule has 0 bridgehead atoms. The highest BCUT2D eigenvalue weighted by Crippen LogP contribution is 2.40. The van der Waals surface area contributed by atoms with Gasteiger partial charge in [-0.25, -0.2) is 22.0 Å². The molecule has 0 radical (unpaired) electrons. The number of anilines is 1. The van der Waals surface area contributed by atoms with Gasteiger partial charge in [-0.1, -0.05) is 35.0 Å². The summed E-state index contributed by atoms with van der Waals surface area (Å²) < 4.78 is 68.9. The van der Waals surface area contributed by atoms with Gasteiger partial charge in [-0.3, -0.25) is 4.31 Å². The highest BCUT2D eigenvalue weighted by atomic mass is 35.5.